The van der Waals surface area contributed by atoms with Crippen molar-refractivity contribution in [1.29, 1.82) is 0 Å². The Morgan fingerprint density at radius 1 is 0.864 bits per heavy atom. The summed E-state index contributed by atoms with van der Waals surface area (Å²) in [5.41, 5.74) is 0. The summed E-state index contributed by atoms with van der Waals surface area (Å²) >= 11 is 0. The van der Waals surface area contributed by atoms with E-state index in [-0.39, 0.29) is 18.1 Å². The highest BCUT2D eigenvalue weighted by Gasteiger charge is 2.38. The van der Waals surface area contributed by atoms with Gasteiger partial charge in [-0.25, -0.2) is 0 Å². The van der Waals surface area contributed by atoms with Gasteiger partial charge < -0.3 is 10.0 Å². The molecule has 0 aromatic carbocycles. The predicted octanol–water partition coefficient (Wildman–Crippen LogP) is 0.920. The summed E-state index contributed by atoms with van der Waals surface area (Å²) in [6.45, 7) is 6.04. The van der Waals surface area contributed by atoms with E-state index < -0.39 is 0 Å². The predicted molar refractivity (Wildman–Crippen MR) is 86.7 cm³/mol. The van der Waals surface area contributed by atoms with Crippen molar-refractivity contribution < 1.29 is 9.90 Å². The van der Waals surface area contributed by atoms with Crippen molar-refractivity contribution in [2.24, 2.45) is 0 Å². The van der Waals surface area contributed by atoms with Crippen LogP contribution in [0.3, 0.4) is 0 Å². The smallest absolute Gasteiger partial charge is 0.236 e. The van der Waals surface area contributed by atoms with Crippen molar-refractivity contribution in [2.75, 3.05) is 45.8 Å². The van der Waals surface area contributed by atoms with E-state index in [1.54, 1.807) is 0 Å². The summed E-state index contributed by atoms with van der Waals surface area (Å²) in [4.78, 5) is 19.2. The summed E-state index contributed by atoms with van der Waals surface area (Å²) in [5.74, 6) is 0.210. The number of hydrogen-bond donors (Lipinski definition) is 1. The Morgan fingerprint density at radius 2 is 1.45 bits per heavy atom. The maximum atomic E-state index is 12.6. The molecule has 3 fully saturated rings. The van der Waals surface area contributed by atoms with E-state index in [1.165, 1.54) is 44.9 Å². The lowest BCUT2D eigenvalue weighted by Crippen LogP contribution is -2.43. The molecule has 5 heteroatoms. The van der Waals surface area contributed by atoms with Crippen LogP contribution >= 0.6 is 0 Å². The van der Waals surface area contributed by atoms with Crippen LogP contribution in [-0.2, 0) is 4.79 Å². The molecule has 22 heavy (non-hydrogen) atoms. The van der Waals surface area contributed by atoms with Crippen LogP contribution in [-0.4, -0.2) is 83.7 Å². The zero-order valence-corrected chi connectivity index (χ0v) is 13.8. The molecule has 2 atom stereocenters. The number of aliphatic hydroxyl groups excluding tert-OH is 1. The number of amides is 1. The zero-order valence-electron chi connectivity index (χ0n) is 13.8. The second-order valence-corrected chi connectivity index (χ2v) is 7.22. The molecule has 1 N–H and O–H groups in total. The van der Waals surface area contributed by atoms with Gasteiger partial charge in [-0.1, -0.05) is 19.3 Å². The van der Waals surface area contributed by atoms with Crippen LogP contribution in [0.5, 0.6) is 0 Å². The van der Waals surface area contributed by atoms with Crippen LogP contribution in [0.1, 0.15) is 44.9 Å². The third-order valence-corrected chi connectivity index (χ3v) is 5.53. The Morgan fingerprint density at radius 3 is 2.14 bits per heavy atom. The molecule has 0 aliphatic carbocycles. The highest BCUT2D eigenvalue weighted by atomic mass is 16.3. The van der Waals surface area contributed by atoms with E-state index >= 15 is 0 Å². The Balaban J connectivity index is 1.49. The van der Waals surface area contributed by atoms with Gasteiger partial charge in [-0.2, -0.15) is 0 Å². The van der Waals surface area contributed by atoms with Gasteiger partial charge in [-0.15, -0.1) is 0 Å². The van der Waals surface area contributed by atoms with Gasteiger partial charge in [0, 0.05) is 13.1 Å². The number of carbonyl (C=O) groups excluding carboxylic acids is 1. The van der Waals surface area contributed by atoms with Gasteiger partial charge in [0.25, 0.3) is 0 Å². The van der Waals surface area contributed by atoms with Gasteiger partial charge in [0.15, 0.2) is 0 Å². The van der Waals surface area contributed by atoms with Gasteiger partial charge in [0.05, 0.1) is 18.7 Å². The van der Waals surface area contributed by atoms with Crippen molar-refractivity contribution in [3.05, 3.63) is 0 Å². The minimum absolute atomic E-state index is 0.166. The second-order valence-electron chi connectivity index (χ2n) is 7.22. The first-order chi connectivity index (χ1) is 10.7. The van der Waals surface area contributed by atoms with Gasteiger partial charge >= 0.3 is 0 Å². The minimum Gasteiger partial charge on any atom is -0.390 e. The molecule has 3 heterocycles. The molecule has 3 saturated heterocycles. The van der Waals surface area contributed by atoms with E-state index in [1.807, 2.05) is 4.90 Å². The summed E-state index contributed by atoms with van der Waals surface area (Å²) < 4.78 is 0. The van der Waals surface area contributed by atoms with Crippen molar-refractivity contribution in [3.63, 3.8) is 0 Å². The number of carbonyl (C=O) groups is 1. The topological polar surface area (TPSA) is 47.0 Å². The number of nitrogens with zero attached hydrogens (tertiary/aromatic N) is 3. The minimum atomic E-state index is -0.366. The average Bonchev–Trinajstić information content (AvgIpc) is 3.10. The molecule has 1 amide bonds. The number of rotatable bonds is 3. The maximum absolute atomic E-state index is 12.6. The van der Waals surface area contributed by atoms with Crippen molar-refractivity contribution in [2.45, 2.75) is 57.1 Å². The van der Waals surface area contributed by atoms with Gasteiger partial charge in [0.1, 0.15) is 0 Å². The van der Waals surface area contributed by atoms with E-state index in [9.17, 15) is 9.90 Å². The molecule has 3 aliphatic heterocycles. The third-order valence-electron chi connectivity index (χ3n) is 5.53. The molecule has 5 nitrogen and oxygen atoms in total. The van der Waals surface area contributed by atoms with Crippen LogP contribution in [0.25, 0.3) is 0 Å². The quantitative estimate of drug-likeness (QED) is 0.842. The molecule has 0 radical (unpaired) electrons. The van der Waals surface area contributed by atoms with Crippen LogP contribution < -0.4 is 0 Å². The Labute approximate surface area is 134 Å². The summed E-state index contributed by atoms with van der Waals surface area (Å²) in [7, 11) is 0. The van der Waals surface area contributed by atoms with Crippen LogP contribution in [0.15, 0.2) is 0 Å². The molecule has 126 valence electrons. The van der Waals surface area contributed by atoms with Gasteiger partial charge in [0.2, 0.25) is 5.91 Å². The molecule has 0 aromatic rings. The normalized spacial score (nSPS) is 32.1. The molecule has 0 aromatic heterocycles. The highest BCUT2D eigenvalue weighted by Crippen LogP contribution is 2.21. The van der Waals surface area contributed by atoms with Crippen molar-refractivity contribution in [3.8, 4) is 0 Å². The number of likely N-dealkylation sites (tertiary alicyclic amines) is 3. The molecular weight excluding hydrogens is 278 g/mol. The van der Waals surface area contributed by atoms with E-state index in [0.717, 1.165) is 26.2 Å². The SMILES string of the molecule is O=C(CN1CCCCCCC1)N1C[C@H](O)[C@@H](N2CCCC2)C1. The first kappa shape index (κ1) is 16.2. The second kappa shape index (κ2) is 7.75. The first-order valence-corrected chi connectivity index (χ1v) is 9.16. The molecule has 0 spiro atoms. The Kier molecular flexibility index (Phi) is 5.71. The average molecular weight is 309 g/mol. The van der Waals surface area contributed by atoms with Gasteiger partial charge in [-0.05, 0) is 51.9 Å². The lowest BCUT2D eigenvalue weighted by Gasteiger charge is -2.27. The lowest BCUT2D eigenvalue weighted by atomic mass is 10.1. The van der Waals surface area contributed by atoms with Crippen molar-refractivity contribution >= 4 is 5.91 Å². The van der Waals surface area contributed by atoms with Crippen LogP contribution in [0, 0.1) is 0 Å². The van der Waals surface area contributed by atoms with E-state index in [4.69, 9.17) is 0 Å². The molecule has 3 aliphatic rings. The lowest BCUT2D eigenvalue weighted by molar-refractivity contribution is -0.131. The molecule has 3 rings (SSSR count). The number of aliphatic hydroxyl groups is 1. The fourth-order valence-corrected chi connectivity index (χ4v) is 4.17. The molecule has 0 unspecified atom stereocenters. The number of hydrogen-bond acceptors (Lipinski definition) is 4. The monoisotopic (exact) mass is 309 g/mol. The third kappa shape index (κ3) is 4.00. The summed E-state index contributed by atoms with van der Waals surface area (Å²) in [5, 5.41) is 10.3. The fourth-order valence-electron chi connectivity index (χ4n) is 4.17. The fraction of sp³-hybridized carbons (Fsp3) is 0.941. The molecule has 0 saturated carbocycles. The van der Waals surface area contributed by atoms with Gasteiger partial charge in [-0.3, -0.25) is 14.6 Å². The zero-order chi connectivity index (χ0) is 15.4. The highest BCUT2D eigenvalue weighted by molar-refractivity contribution is 5.78. The standard InChI is InChI=1S/C17H31N3O2/c21-16-13-20(12-15(16)19-10-6-7-11-19)17(22)14-18-8-4-2-1-3-5-9-18/h15-16,21H,1-14H2/t15-,16-/m0/s1. The molecule has 0 bridgehead atoms. The maximum Gasteiger partial charge on any atom is 0.236 e. The molecular formula is C17H31N3O2. The van der Waals surface area contributed by atoms with E-state index in [2.05, 4.69) is 9.80 Å². The largest absolute Gasteiger partial charge is 0.390 e. The Bertz CT molecular complexity index is 363. The van der Waals surface area contributed by atoms with Crippen LogP contribution in [0.2, 0.25) is 0 Å². The Hall–Kier alpha value is -0.650. The van der Waals surface area contributed by atoms with Crippen LogP contribution in [0.4, 0.5) is 0 Å². The first-order valence-electron chi connectivity index (χ1n) is 9.16. The summed E-state index contributed by atoms with van der Waals surface area (Å²) in [6.07, 6.45) is 8.45. The number of β-amino-alcohol motifs (C(OH)–C–C–N with tert-alkyl or cyclic N) is 1. The van der Waals surface area contributed by atoms with E-state index in [0.29, 0.717) is 19.6 Å². The summed E-state index contributed by atoms with van der Waals surface area (Å²) in [6, 6.07) is 0.166. The van der Waals surface area contributed by atoms with Crippen molar-refractivity contribution in [1.82, 2.24) is 14.7 Å².